The van der Waals surface area contributed by atoms with Gasteiger partial charge in [-0.2, -0.15) is 0 Å². The molecule has 0 saturated carbocycles. The predicted octanol–water partition coefficient (Wildman–Crippen LogP) is 1.77. The molecule has 2 heterocycles. The highest BCUT2D eigenvalue weighted by atomic mass is 16.6. The first-order valence-corrected chi connectivity index (χ1v) is 6.79. The normalized spacial score (nSPS) is 22.6. The molecule has 1 aliphatic heterocycles. The van der Waals surface area contributed by atoms with E-state index in [-0.39, 0.29) is 5.69 Å². The monoisotopic (exact) mass is 280 g/mol. The third-order valence-corrected chi connectivity index (χ3v) is 3.38. The fourth-order valence-electron chi connectivity index (χ4n) is 2.50. The summed E-state index contributed by atoms with van der Waals surface area (Å²) < 4.78 is 0. The van der Waals surface area contributed by atoms with Crippen LogP contribution in [0.2, 0.25) is 0 Å². The van der Waals surface area contributed by atoms with Gasteiger partial charge in [-0.3, -0.25) is 10.1 Å². The van der Waals surface area contributed by atoms with Crippen LogP contribution in [-0.2, 0) is 0 Å². The van der Waals surface area contributed by atoms with E-state index in [1.165, 1.54) is 6.07 Å². The zero-order valence-corrected chi connectivity index (χ0v) is 11.8. The van der Waals surface area contributed by atoms with Gasteiger partial charge in [0.25, 0.3) is 0 Å². The summed E-state index contributed by atoms with van der Waals surface area (Å²) in [6.07, 6.45) is 1.49. The molecule has 110 valence electrons. The molecule has 0 spiro atoms. The zero-order valence-electron chi connectivity index (χ0n) is 11.8. The molecule has 1 atom stereocenters. The van der Waals surface area contributed by atoms with E-state index in [1.807, 2.05) is 6.92 Å². The van der Waals surface area contributed by atoms with Crippen molar-refractivity contribution in [2.24, 2.45) is 0 Å². The SMILES string of the molecule is CCNc1ccc([N+](=O)[O-])c(N2CCCC(C)(O)C2)n1. The molecule has 1 aromatic rings. The molecule has 7 nitrogen and oxygen atoms in total. The molecular weight excluding hydrogens is 260 g/mol. The maximum atomic E-state index is 11.2. The Morgan fingerprint density at radius 1 is 1.60 bits per heavy atom. The highest BCUT2D eigenvalue weighted by molar-refractivity contribution is 5.62. The van der Waals surface area contributed by atoms with E-state index in [9.17, 15) is 15.2 Å². The van der Waals surface area contributed by atoms with Gasteiger partial charge in [-0.15, -0.1) is 0 Å². The second kappa shape index (κ2) is 5.62. The molecule has 1 aromatic heterocycles. The van der Waals surface area contributed by atoms with Gasteiger partial charge in [0.1, 0.15) is 5.82 Å². The first kappa shape index (κ1) is 14.5. The van der Waals surface area contributed by atoms with Crippen LogP contribution in [0.15, 0.2) is 12.1 Å². The number of nitrogens with zero attached hydrogens (tertiary/aromatic N) is 3. The van der Waals surface area contributed by atoms with Crippen LogP contribution < -0.4 is 10.2 Å². The van der Waals surface area contributed by atoms with Gasteiger partial charge in [-0.05, 0) is 32.8 Å². The molecule has 20 heavy (non-hydrogen) atoms. The molecule has 1 unspecified atom stereocenters. The van der Waals surface area contributed by atoms with Crippen molar-refractivity contribution >= 4 is 17.3 Å². The fourth-order valence-corrected chi connectivity index (χ4v) is 2.50. The highest BCUT2D eigenvalue weighted by Crippen LogP contribution is 2.32. The zero-order chi connectivity index (χ0) is 14.8. The number of piperidine rings is 1. The van der Waals surface area contributed by atoms with Crippen molar-refractivity contribution in [1.29, 1.82) is 0 Å². The van der Waals surface area contributed by atoms with Crippen LogP contribution in [0.1, 0.15) is 26.7 Å². The Morgan fingerprint density at radius 2 is 2.35 bits per heavy atom. The lowest BCUT2D eigenvalue weighted by Gasteiger charge is -2.37. The first-order valence-electron chi connectivity index (χ1n) is 6.79. The van der Waals surface area contributed by atoms with Crippen LogP contribution in [0.4, 0.5) is 17.3 Å². The summed E-state index contributed by atoms with van der Waals surface area (Å²) in [5.74, 6) is 0.937. The molecule has 0 bridgehead atoms. The van der Waals surface area contributed by atoms with E-state index in [2.05, 4.69) is 10.3 Å². The topological polar surface area (TPSA) is 91.5 Å². The average Bonchev–Trinajstić information content (AvgIpc) is 2.37. The maximum Gasteiger partial charge on any atom is 0.311 e. The summed E-state index contributed by atoms with van der Waals surface area (Å²) >= 11 is 0. The Hall–Kier alpha value is -1.89. The Kier molecular flexibility index (Phi) is 4.08. The van der Waals surface area contributed by atoms with Gasteiger partial charge >= 0.3 is 5.69 Å². The van der Waals surface area contributed by atoms with Crippen molar-refractivity contribution in [3.8, 4) is 0 Å². The summed E-state index contributed by atoms with van der Waals surface area (Å²) in [4.78, 5) is 16.9. The van der Waals surface area contributed by atoms with Crippen molar-refractivity contribution in [3.05, 3.63) is 22.2 Å². The lowest BCUT2D eigenvalue weighted by molar-refractivity contribution is -0.384. The summed E-state index contributed by atoms with van der Waals surface area (Å²) in [6, 6.07) is 3.07. The number of β-amino-alcohol motifs (C(OH)–C–C–N with tert-alkyl or cyclic N) is 1. The Morgan fingerprint density at radius 3 is 2.95 bits per heavy atom. The van der Waals surface area contributed by atoms with Gasteiger partial charge in [-0.25, -0.2) is 4.98 Å². The lowest BCUT2D eigenvalue weighted by Crippen LogP contribution is -2.46. The number of pyridine rings is 1. The van der Waals surface area contributed by atoms with Gasteiger partial charge in [-0.1, -0.05) is 0 Å². The van der Waals surface area contributed by atoms with Crippen LogP contribution in [-0.4, -0.2) is 40.2 Å². The van der Waals surface area contributed by atoms with Crippen LogP contribution in [0.25, 0.3) is 0 Å². The van der Waals surface area contributed by atoms with Crippen LogP contribution in [0.3, 0.4) is 0 Å². The fraction of sp³-hybridized carbons (Fsp3) is 0.615. The first-order chi connectivity index (χ1) is 9.43. The molecule has 0 aliphatic carbocycles. The molecular formula is C13H20N4O3. The molecule has 0 radical (unpaired) electrons. The summed E-state index contributed by atoms with van der Waals surface area (Å²) in [5.41, 5.74) is -0.855. The molecule has 2 N–H and O–H groups in total. The second-order valence-corrected chi connectivity index (χ2v) is 5.35. The number of hydrogen-bond acceptors (Lipinski definition) is 6. The number of aliphatic hydroxyl groups is 1. The molecule has 1 aliphatic rings. The lowest BCUT2D eigenvalue weighted by atomic mass is 9.95. The quantitative estimate of drug-likeness (QED) is 0.645. The third kappa shape index (κ3) is 3.16. The predicted molar refractivity (Wildman–Crippen MR) is 77.1 cm³/mol. The number of nitro groups is 1. The van der Waals surface area contributed by atoms with E-state index < -0.39 is 10.5 Å². The number of aromatic nitrogens is 1. The van der Waals surface area contributed by atoms with E-state index in [0.717, 1.165) is 6.42 Å². The average molecular weight is 280 g/mol. The van der Waals surface area contributed by atoms with Gasteiger partial charge in [0.2, 0.25) is 5.82 Å². The van der Waals surface area contributed by atoms with Crippen molar-refractivity contribution in [2.75, 3.05) is 29.9 Å². The summed E-state index contributed by atoms with van der Waals surface area (Å²) in [7, 11) is 0. The number of hydrogen-bond donors (Lipinski definition) is 2. The molecule has 0 amide bonds. The van der Waals surface area contributed by atoms with Gasteiger partial charge in [0.15, 0.2) is 0 Å². The van der Waals surface area contributed by atoms with Crippen LogP contribution >= 0.6 is 0 Å². The number of nitrogens with one attached hydrogen (secondary N) is 1. The molecule has 0 aromatic carbocycles. The van der Waals surface area contributed by atoms with Gasteiger partial charge in [0.05, 0.1) is 10.5 Å². The van der Waals surface area contributed by atoms with Gasteiger partial charge in [0, 0.05) is 25.7 Å². The van der Waals surface area contributed by atoms with E-state index in [4.69, 9.17) is 0 Å². The Labute approximate surface area is 117 Å². The van der Waals surface area contributed by atoms with Crippen molar-refractivity contribution in [2.45, 2.75) is 32.3 Å². The minimum absolute atomic E-state index is 0.0237. The standard InChI is InChI=1S/C13H20N4O3/c1-3-14-11-6-5-10(17(19)20)12(15-11)16-8-4-7-13(2,18)9-16/h5-6,18H,3-4,7-9H2,1-2H3,(H,14,15). The van der Waals surface area contributed by atoms with Crippen LogP contribution in [0, 0.1) is 10.1 Å². The van der Waals surface area contributed by atoms with E-state index in [1.54, 1.807) is 17.9 Å². The highest BCUT2D eigenvalue weighted by Gasteiger charge is 2.32. The van der Waals surface area contributed by atoms with E-state index >= 15 is 0 Å². The molecule has 1 saturated heterocycles. The Bertz CT molecular complexity index is 504. The maximum absolute atomic E-state index is 11.2. The number of rotatable bonds is 4. The second-order valence-electron chi connectivity index (χ2n) is 5.35. The minimum Gasteiger partial charge on any atom is -0.388 e. The summed E-state index contributed by atoms with van der Waals surface area (Å²) in [5, 5.41) is 24.4. The smallest absolute Gasteiger partial charge is 0.311 e. The van der Waals surface area contributed by atoms with Gasteiger partial charge < -0.3 is 15.3 Å². The van der Waals surface area contributed by atoms with Crippen molar-refractivity contribution in [3.63, 3.8) is 0 Å². The summed E-state index contributed by atoms with van der Waals surface area (Å²) in [6.45, 7) is 5.41. The van der Waals surface area contributed by atoms with Crippen molar-refractivity contribution in [1.82, 2.24) is 4.98 Å². The van der Waals surface area contributed by atoms with Crippen molar-refractivity contribution < 1.29 is 10.0 Å². The largest absolute Gasteiger partial charge is 0.388 e. The van der Waals surface area contributed by atoms with E-state index in [0.29, 0.717) is 37.7 Å². The molecule has 1 fully saturated rings. The van der Waals surface area contributed by atoms with Crippen LogP contribution in [0.5, 0.6) is 0 Å². The Balaban J connectivity index is 2.36. The molecule has 2 rings (SSSR count). The molecule has 7 heteroatoms. The number of anilines is 2. The third-order valence-electron chi connectivity index (χ3n) is 3.38. The minimum atomic E-state index is -0.831.